The van der Waals surface area contributed by atoms with Crippen molar-refractivity contribution in [3.63, 3.8) is 0 Å². The third-order valence-electron chi connectivity index (χ3n) is 4.48. The number of halogens is 3. The Morgan fingerprint density at radius 3 is 2.60 bits per heavy atom. The second kappa shape index (κ2) is 8.04. The number of carbonyl (C=O) groups excluding carboxylic acids is 1. The number of nitrogens with zero attached hydrogens (tertiary/aromatic N) is 2. The maximum Gasteiger partial charge on any atom is 0.349 e. The summed E-state index contributed by atoms with van der Waals surface area (Å²) in [6, 6.07) is 16.0. The second-order valence-electron chi connectivity index (χ2n) is 6.53. The van der Waals surface area contributed by atoms with E-state index in [9.17, 15) is 18.4 Å². The van der Waals surface area contributed by atoms with Crippen LogP contribution in [0.2, 0.25) is 5.02 Å². The summed E-state index contributed by atoms with van der Waals surface area (Å²) < 4.78 is 28.8. The van der Waals surface area contributed by atoms with Crippen LogP contribution in [-0.4, -0.2) is 15.5 Å². The fraction of sp³-hybridized carbons (Fsp3) is 0.0455. The third kappa shape index (κ3) is 3.92. The summed E-state index contributed by atoms with van der Waals surface area (Å²) in [6.07, 6.45) is 0. The van der Waals surface area contributed by atoms with Crippen molar-refractivity contribution >= 4 is 34.1 Å². The number of aromatic nitrogens is 2. The Morgan fingerprint density at radius 1 is 1.03 bits per heavy atom. The maximum atomic E-state index is 14.3. The maximum absolute atomic E-state index is 14.3. The first-order chi connectivity index (χ1) is 14.4. The first-order valence-corrected chi connectivity index (χ1v) is 9.30. The Kier molecular flexibility index (Phi) is 5.29. The van der Waals surface area contributed by atoms with Gasteiger partial charge in [-0.05, 0) is 48.5 Å². The standard InChI is InChI=1S/C22H14ClF2N3O2/c23-13-8-9-19-17(10-13)21(16-6-1-2-7-18(16)25)27-22(30)28(19)12-20(29)26-15-5-3-4-14(24)11-15/h1-11H,12H2,(H,26,29). The molecule has 1 N–H and O–H groups in total. The molecule has 150 valence electrons. The van der Waals surface area contributed by atoms with Crippen LogP contribution in [0, 0.1) is 11.6 Å². The summed E-state index contributed by atoms with van der Waals surface area (Å²) in [5.41, 5.74) is 0.191. The highest BCUT2D eigenvalue weighted by Crippen LogP contribution is 2.29. The van der Waals surface area contributed by atoms with E-state index in [1.54, 1.807) is 24.3 Å². The van der Waals surface area contributed by atoms with Gasteiger partial charge in [0.15, 0.2) is 0 Å². The van der Waals surface area contributed by atoms with Crippen molar-refractivity contribution < 1.29 is 13.6 Å². The van der Waals surface area contributed by atoms with Gasteiger partial charge in [0.1, 0.15) is 18.2 Å². The molecule has 0 atom stereocenters. The third-order valence-corrected chi connectivity index (χ3v) is 4.72. The Bertz CT molecular complexity index is 1340. The van der Waals surface area contributed by atoms with Crippen LogP contribution < -0.4 is 11.0 Å². The fourth-order valence-electron chi connectivity index (χ4n) is 3.17. The van der Waals surface area contributed by atoms with Gasteiger partial charge in [0.2, 0.25) is 5.91 Å². The molecular formula is C22H14ClF2N3O2. The predicted molar refractivity (Wildman–Crippen MR) is 111 cm³/mol. The summed E-state index contributed by atoms with van der Waals surface area (Å²) in [5, 5.41) is 3.33. The van der Waals surface area contributed by atoms with Crippen LogP contribution in [0.5, 0.6) is 0 Å². The number of hydrogen-bond donors (Lipinski definition) is 1. The quantitative estimate of drug-likeness (QED) is 0.518. The molecule has 1 heterocycles. The van der Waals surface area contributed by atoms with Gasteiger partial charge in [-0.1, -0.05) is 29.8 Å². The molecule has 0 saturated heterocycles. The van der Waals surface area contributed by atoms with E-state index in [1.807, 2.05) is 0 Å². The van der Waals surface area contributed by atoms with Crippen molar-refractivity contribution in [2.75, 3.05) is 5.32 Å². The highest BCUT2D eigenvalue weighted by Gasteiger charge is 2.17. The number of carbonyl (C=O) groups is 1. The molecule has 0 aliphatic rings. The number of rotatable bonds is 4. The van der Waals surface area contributed by atoms with Gasteiger partial charge in [0.05, 0.1) is 11.2 Å². The van der Waals surface area contributed by atoms with Crippen LogP contribution in [0.1, 0.15) is 0 Å². The van der Waals surface area contributed by atoms with Gasteiger partial charge in [0, 0.05) is 21.7 Å². The minimum Gasteiger partial charge on any atom is -0.324 e. The van der Waals surface area contributed by atoms with E-state index < -0.39 is 23.2 Å². The molecule has 0 fully saturated rings. The number of anilines is 1. The molecule has 8 heteroatoms. The normalized spacial score (nSPS) is 10.9. The molecule has 4 rings (SSSR count). The molecule has 0 unspecified atom stereocenters. The zero-order valence-electron chi connectivity index (χ0n) is 15.4. The van der Waals surface area contributed by atoms with Gasteiger partial charge in [0.25, 0.3) is 0 Å². The Hall–Kier alpha value is -3.58. The van der Waals surface area contributed by atoms with E-state index in [0.29, 0.717) is 15.9 Å². The van der Waals surface area contributed by atoms with Gasteiger partial charge >= 0.3 is 5.69 Å². The SMILES string of the molecule is O=C(Cn1c(=O)nc(-c2ccccc2F)c2cc(Cl)ccc21)Nc1cccc(F)c1. The van der Waals surface area contributed by atoms with Crippen LogP contribution in [0.4, 0.5) is 14.5 Å². The second-order valence-corrected chi connectivity index (χ2v) is 6.97. The van der Waals surface area contributed by atoms with Crippen LogP contribution in [0.15, 0.2) is 71.5 Å². The van der Waals surface area contributed by atoms with Crippen molar-refractivity contribution in [2.45, 2.75) is 6.54 Å². The zero-order valence-corrected chi connectivity index (χ0v) is 16.2. The van der Waals surface area contributed by atoms with Crippen LogP contribution in [0.3, 0.4) is 0 Å². The summed E-state index contributed by atoms with van der Waals surface area (Å²) in [5.74, 6) is -1.58. The monoisotopic (exact) mass is 425 g/mol. The Balaban J connectivity index is 1.79. The Labute approximate surface area is 174 Å². The summed E-state index contributed by atoms with van der Waals surface area (Å²) in [7, 11) is 0. The highest BCUT2D eigenvalue weighted by molar-refractivity contribution is 6.31. The molecule has 30 heavy (non-hydrogen) atoms. The summed E-state index contributed by atoms with van der Waals surface area (Å²) in [6.45, 7) is -0.363. The van der Waals surface area contributed by atoms with Crippen LogP contribution in [0.25, 0.3) is 22.2 Å². The molecule has 0 saturated carbocycles. The zero-order chi connectivity index (χ0) is 21.3. The molecule has 1 aromatic heterocycles. The molecule has 0 bridgehead atoms. The number of fused-ring (bicyclic) bond motifs is 1. The highest BCUT2D eigenvalue weighted by atomic mass is 35.5. The van der Waals surface area contributed by atoms with E-state index in [0.717, 1.165) is 10.6 Å². The van der Waals surface area contributed by atoms with Gasteiger partial charge in [-0.2, -0.15) is 4.98 Å². The van der Waals surface area contributed by atoms with Crippen molar-refractivity contribution in [1.29, 1.82) is 0 Å². The fourth-order valence-corrected chi connectivity index (χ4v) is 3.35. The number of nitrogens with one attached hydrogen (secondary N) is 1. The number of amides is 1. The molecule has 4 aromatic rings. The van der Waals surface area contributed by atoms with Gasteiger partial charge in [-0.15, -0.1) is 0 Å². The van der Waals surface area contributed by atoms with Gasteiger partial charge in [-0.3, -0.25) is 9.36 Å². The van der Waals surface area contributed by atoms with Crippen molar-refractivity contribution in [3.05, 3.63) is 93.9 Å². The van der Waals surface area contributed by atoms with Gasteiger partial charge in [-0.25, -0.2) is 13.6 Å². The van der Waals surface area contributed by atoms with Crippen LogP contribution in [-0.2, 0) is 11.3 Å². The lowest BCUT2D eigenvalue weighted by molar-refractivity contribution is -0.116. The molecule has 0 aliphatic heterocycles. The lowest BCUT2D eigenvalue weighted by atomic mass is 10.1. The van der Waals surface area contributed by atoms with E-state index in [1.165, 1.54) is 36.4 Å². The largest absolute Gasteiger partial charge is 0.349 e. The Morgan fingerprint density at radius 2 is 1.83 bits per heavy atom. The van der Waals surface area contributed by atoms with E-state index in [-0.39, 0.29) is 23.5 Å². The summed E-state index contributed by atoms with van der Waals surface area (Å²) >= 11 is 6.11. The minimum atomic E-state index is -0.725. The van der Waals surface area contributed by atoms with E-state index in [2.05, 4.69) is 10.3 Å². The van der Waals surface area contributed by atoms with Crippen LogP contribution >= 0.6 is 11.6 Å². The van der Waals surface area contributed by atoms with E-state index >= 15 is 0 Å². The average Bonchev–Trinajstić information content (AvgIpc) is 2.70. The van der Waals surface area contributed by atoms with Crippen molar-refractivity contribution in [2.24, 2.45) is 0 Å². The molecule has 5 nitrogen and oxygen atoms in total. The average molecular weight is 426 g/mol. The summed E-state index contributed by atoms with van der Waals surface area (Å²) in [4.78, 5) is 29.2. The van der Waals surface area contributed by atoms with Crippen molar-refractivity contribution in [3.8, 4) is 11.3 Å². The number of hydrogen-bond acceptors (Lipinski definition) is 3. The molecule has 0 spiro atoms. The predicted octanol–water partition coefficient (Wildman–Crippen LogP) is 4.63. The smallest absolute Gasteiger partial charge is 0.324 e. The number of benzene rings is 3. The molecule has 0 aliphatic carbocycles. The molecule has 1 amide bonds. The first-order valence-electron chi connectivity index (χ1n) is 8.93. The van der Waals surface area contributed by atoms with Crippen molar-refractivity contribution in [1.82, 2.24) is 9.55 Å². The molecule has 3 aromatic carbocycles. The lowest BCUT2D eigenvalue weighted by Gasteiger charge is -2.13. The first kappa shape index (κ1) is 19.7. The molecular weight excluding hydrogens is 412 g/mol. The molecule has 0 radical (unpaired) electrons. The topological polar surface area (TPSA) is 64.0 Å². The van der Waals surface area contributed by atoms with E-state index in [4.69, 9.17) is 11.6 Å². The minimum absolute atomic E-state index is 0.136. The van der Waals surface area contributed by atoms with Gasteiger partial charge < -0.3 is 5.32 Å². The lowest BCUT2D eigenvalue weighted by Crippen LogP contribution is -2.30.